The van der Waals surface area contributed by atoms with Gasteiger partial charge in [-0.1, -0.05) is 6.92 Å². The molecule has 2 N–H and O–H groups in total. The van der Waals surface area contributed by atoms with E-state index in [1.54, 1.807) is 0 Å². The molecule has 0 radical (unpaired) electrons. The highest BCUT2D eigenvalue weighted by atomic mass is 16.1. The monoisotopic (exact) mass is 211 g/mol. The van der Waals surface area contributed by atoms with Crippen LogP contribution in [-0.4, -0.2) is 25.0 Å². The van der Waals surface area contributed by atoms with Crippen molar-refractivity contribution in [3.05, 3.63) is 0 Å². The number of nitrogens with one attached hydrogen (secondary N) is 2. The van der Waals surface area contributed by atoms with Crippen LogP contribution in [0.2, 0.25) is 0 Å². The largest absolute Gasteiger partial charge is 0.356 e. The lowest BCUT2D eigenvalue weighted by molar-refractivity contribution is -0.121. The minimum Gasteiger partial charge on any atom is -0.356 e. The molecule has 1 unspecified atom stereocenters. The second-order valence-corrected chi connectivity index (χ2v) is 3.63. The molecule has 0 aromatic heterocycles. The second kappa shape index (κ2) is 9.47. The van der Waals surface area contributed by atoms with E-state index in [4.69, 9.17) is 5.26 Å². The van der Waals surface area contributed by atoms with Gasteiger partial charge in [-0.2, -0.15) is 5.26 Å². The molecule has 0 saturated carbocycles. The van der Waals surface area contributed by atoms with Crippen LogP contribution < -0.4 is 10.6 Å². The molecule has 4 nitrogen and oxygen atoms in total. The van der Waals surface area contributed by atoms with Crippen LogP contribution in [0.5, 0.6) is 0 Å². The summed E-state index contributed by atoms with van der Waals surface area (Å²) in [4.78, 5) is 11.3. The zero-order valence-electron chi connectivity index (χ0n) is 9.68. The SMILES string of the molecule is CCNC(C)CC(=O)NCCCCC#N. The molecule has 0 fully saturated rings. The Labute approximate surface area is 92.0 Å². The van der Waals surface area contributed by atoms with E-state index in [-0.39, 0.29) is 11.9 Å². The van der Waals surface area contributed by atoms with E-state index in [0.29, 0.717) is 19.4 Å². The molecule has 1 amide bonds. The molecule has 0 aliphatic carbocycles. The predicted molar refractivity (Wildman–Crippen MR) is 60.2 cm³/mol. The molecule has 15 heavy (non-hydrogen) atoms. The summed E-state index contributed by atoms with van der Waals surface area (Å²) in [6.45, 7) is 5.59. The number of rotatable bonds is 8. The van der Waals surface area contributed by atoms with Gasteiger partial charge in [-0.25, -0.2) is 0 Å². The van der Waals surface area contributed by atoms with Gasteiger partial charge >= 0.3 is 0 Å². The maximum absolute atomic E-state index is 11.3. The van der Waals surface area contributed by atoms with E-state index in [2.05, 4.69) is 16.7 Å². The number of nitrogens with zero attached hydrogens (tertiary/aromatic N) is 1. The first-order valence-electron chi connectivity index (χ1n) is 5.57. The Balaban J connectivity index is 3.37. The maximum atomic E-state index is 11.3. The Morgan fingerprint density at radius 3 is 2.80 bits per heavy atom. The lowest BCUT2D eigenvalue weighted by atomic mass is 10.2. The van der Waals surface area contributed by atoms with Crippen molar-refractivity contribution in [3.8, 4) is 6.07 Å². The van der Waals surface area contributed by atoms with E-state index >= 15 is 0 Å². The van der Waals surface area contributed by atoms with Crippen LogP contribution in [0.3, 0.4) is 0 Å². The molecular formula is C11H21N3O. The summed E-state index contributed by atoms with van der Waals surface area (Å²) in [5, 5.41) is 14.3. The van der Waals surface area contributed by atoms with Crippen molar-refractivity contribution < 1.29 is 4.79 Å². The Hall–Kier alpha value is -1.08. The molecule has 0 aliphatic heterocycles. The molecule has 0 spiro atoms. The van der Waals surface area contributed by atoms with Crippen LogP contribution in [0.15, 0.2) is 0 Å². The third kappa shape index (κ3) is 9.23. The Morgan fingerprint density at radius 1 is 1.47 bits per heavy atom. The molecule has 0 rings (SSSR count). The summed E-state index contributed by atoms with van der Waals surface area (Å²) in [5.41, 5.74) is 0. The van der Waals surface area contributed by atoms with Gasteiger partial charge in [0.2, 0.25) is 5.91 Å². The van der Waals surface area contributed by atoms with Gasteiger partial charge in [0, 0.05) is 25.4 Å². The number of hydrogen-bond acceptors (Lipinski definition) is 3. The predicted octanol–water partition coefficient (Wildman–Crippen LogP) is 1.18. The van der Waals surface area contributed by atoms with E-state index in [1.807, 2.05) is 13.8 Å². The van der Waals surface area contributed by atoms with Gasteiger partial charge in [-0.3, -0.25) is 4.79 Å². The Bertz CT molecular complexity index is 210. The average Bonchev–Trinajstić information content (AvgIpc) is 2.17. The zero-order valence-corrected chi connectivity index (χ0v) is 9.68. The topological polar surface area (TPSA) is 64.9 Å². The van der Waals surface area contributed by atoms with Crippen LogP contribution in [0.4, 0.5) is 0 Å². The zero-order chi connectivity index (χ0) is 11.5. The van der Waals surface area contributed by atoms with Crippen LogP contribution >= 0.6 is 0 Å². The highest BCUT2D eigenvalue weighted by Crippen LogP contribution is 1.93. The van der Waals surface area contributed by atoms with Gasteiger partial charge in [-0.05, 0) is 26.3 Å². The fourth-order valence-corrected chi connectivity index (χ4v) is 1.33. The normalized spacial score (nSPS) is 11.8. The van der Waals surface area contributed by atoms with Gasteiger partial charge in [0.1, 0.15) is 0 Å². The van der Waals surface area contributed by atoms with Crippen molar-refractivity contribution in [1.29, 1.82) is 5.26 Å². The first-order chi connectivity index (χ1) is 7.20. The summed E-state index contributed by atoms with van der Waals surface area (Å²) in [5.74, 6) is 0.0837. The van der Waals surface area contributed by atoms with Crippen molar-refractivity contribution in [1.82, 2.24) is 10.6 Å². The summed E-state index contributed by atoms with van der Waals surface area (Å²) in [7, 11) is 0. The summed E-state index contributed by atoms with van der Waals surface area (Å²) in [6, 6.07) is 2.31. The van der Waals surface area contributed by atoms with Crippen LogP contribution in [0, 0.1) is 11.3 Å². The lowest BCUT2D eigenvalue weighted by Gasteiger charge is -2.11. The van der Waals surface area contributed by atoms with Crippen LogP contribution in [0.25, 0.3) is 0 Å². The summed E-state index contributed by atoms with van der Waals surface area (Å²) >= 11 is 0. The molecule has 0 aromatic rings. The number of carbonyl (C=O) groups is 1. The van der Waals surface area contributed by atoms with Crippen molar-refractivity contribution in [2.45, 2.75) is 45.6 Å². The van der Waals surface area contributed by atoms with Crippen molar-refractivity contribution in [2.24, 2.45) is 0 Å². The number of hydrogen-bond donors (Lipinski definition) is 2. The third-order valence-corrected chi connectivity index (χ3v) is 2.08. The maximum Gasteiger partial charge on any atom is 0.221 e. The number of amides is 1. The molecular weight excluding hydrogens is 190 g/mol. The third-order valence-electron chi connectivity index (χ3n) is 2.08. The minimum absolute atomic E-state index is 0.0837. The van der Waals surface area contributed by atoms with Crippen LogP contribution in [0.1, 0.15) is 39.5 Å². The highest BCUT2D eigenvalue weighted by Gasteiger charge is 2.06. The number of carbonyl (C=O) groups excluding carboxylic acids is 1. The van der Waals surface area contributed by atoms with Crippen molar-refractivity contribution >= 4 is 5.91 Å². The van der Waals surface area contributed by atoms with Gasteiger partial charge in [-0.15, -0.1) is 0 Å². The first kappa shape index (κ1) is 13.9. The van der Waals surface area contributed by atoms with E-state index in [9.17, 15) is 4.79 Å². The Morgan fingerprint density at radius 2 is 2.20 bits per heavy atom. The molecule has 86 valence electrons. The first-order valence-corrected chi connectivity index (χ1v) is 5.57. The molecule has 4 heteroatoms. The lowest BCUT2D eigenvalue weighted by Crippen LogP contribution is -2.34. The standard InChI is InChI=1S/C11H21N3O/c1-3-13-10(2)9-11(15)14-8-6-4-5-7-12/h10,13H,3-6,8-9H2,1-2H3,(H,14,15). The van der Waals surface area contributed by atoms with Gasteiger partial charge in [0.05, 0.1) is 6.07 Å². The average molecular weight is 211 g/mol. The fraction of sp³-hybridized carbons (Fsp3) is 0.818. The number of nitriles is 1. The van der Waals surface area contributed by atoms with Crippen molar-refractivity contribution in [3.63, 3.8) is 0 Å². The summed E-state index contributed by atoms with van der Waals surface area (Å²) < 4.78 is 0. The molecule has 0 bridgehead atoms. The van der Waals surface area contributed by atoms with E-state index in [0.717, 1.165) is 19.4 Å². The molecule has 0 heterocycles. The second-order valence-electron chi connectivity index (χ2n) is 3.63. The van der Waals surface area contributed by atoms with Crippen molar-refractivity contribution in [2.75, 3.05) is 13.1 Å². The van der Waals surface area contributed by atoms with Crippen LogP contribution in [-0.2, 0) is 4.79 Å². The van der Waals surface area contributed by atoms with Gasteiger partial charge < -0.3 is 10.6 Å². The Kier molecular flexibility index (Phi) is 8.79. The van der Waals surface area contributed by atoms with E-state index < -0.39 is 0 Å². The smallest absolute Gasteiger partial charge is 0.221 e. The molecule has 0 aromatic carbocycles. The van der Waals surface area contributed by atoms with Gasteiger partial charge in [0.25, 0.3) is 0 Å². The highest BCUT2D eigenvalue weighted by molar-refractivity contribution is 5.76. The summed E-state index contributed by atoms with van der Waals surface area (Å²) in [6.07, 6.45) is 2.84. The molecule has 0 saturated heterocycles. The fourth-order valence-electron chi connectivity index (χ4n) is 1.33. The molecule has 1 atom stereocenters. The molecule has 0 aliphatic rings. The van der Waals surface area contributed by atoms with Gasteiger partial charge in [0.15, 0.2) is 0 Å². The minimum atomic E-state index is 0.0837. The number of unbranched alkanes of at least 4 members (excludes halogenated alkanes) is 2. The quantitative estimate of drug-likeness (QED) is 0.593. The van der Waals surface area contributed by atoms with E-state index in [1.165, 1.54) is 0 Å².